The molecule has 0 aliphatic carbocycles. The number of likely N-dealkylation sites (tertiary alicyclic amines) is 1. The molecule has 98 valence electrons. The molecule has 18 heavy (non-hydrogen) atoms. The molecule has 1 heterocycles. The first-order chi connectivity index (χ1) is 8.72. The molecule has 0 aromatic heterocycles. The molecular formula is C14H19NO3. The fourth-order valence-corrected chi connectivity index (χ4v) is 2.49. The van der Waals surface area contributed by atoms with E-state index in [1.165, 1.54) is 6.07 Å². The SMILES string of the molecule is O=C(c1ccccc1O)N1CCCC(CCO)C1. The second-order valence-electron chi connectivity index (χ2n) is 4.79. The van der Waals surface area contributed by atoms with Crippen molar-refractivity contribution in [2.75, 3.05) is 19.7 Å². The van der Waals surface area contributed by atoms with Gasteiger partial charge in [0.25, 0.3) is 5.91 Å². The molecule has 2 N–H and O–H groups in total. The number of aliphatic hydroxyl groups excluding tert-OH is 1. The minimum Gasteiger partial charge on any atom is -0.507 e. The Morgan fingerprint density at radius 1 is 1.39 bits per heavy atom. The summed E-state index contributed by atoms with van der Waals surface area (Å²) in [5.74, 6) is 0.293. The summed E-state index contributed by atoms with van der Waals surface area (Å²) in [7, 11) is 0. The number of aromatic hydroxyl groups is 1. The van der Waals surface area contributed by atoms with Crippen LogP contribution in [0.25, 0.3) is 0 Å². The topological polar surface area (TPSA) is 60.8 Å². The first-order valence-corrected chi connectivity index (χ1v) is 6.40. The van der Waals surface area contributed by atoms with Gasteiger partial charge in [0, 0.05) is 19.7 Å². The van der Waals surface area contributed by atoms with Gasteiger partial charge in [-0.1, -0.05) is 12.1 Å². The van der Waals surface area contributed by atoms with Crippen molar-refractivity contribution in [2.24, 2.45) is 5.92 Å². The number of phenols is 1. The van der Waals surface area contributed by atoms with Crippen molar-refractivity contribution < 1.29 is 15.0 Å². The van der Waals surface area contributed by atoms with Crippen LogP contribution < -0.4 is 0 Å². The van der Waals surface area contributed by atoms with Crippen LogP contribution >= 0.6 is 0 Å². The maximum absolute atomic E-state index is 12.3. The molecule has 1 fully saturated rings. The van der Waals surface area contributed by atoms with Crippen molar-refractivity contribution in [3.8, 4) is 5.75 Å². The van der Waals surface area contributed by atoms with E-state index < -0.39 is 0 Å². The van der Waals surface area contributed by atoms with Crippen LogP contribution in [0, 0.1) is 5.92 Å². The predicted octanol–water partition coefficient (Wildman–Crippen LogP) is 1.63. The van der Waals surface area contributed by atoms with Crippen molar-refractivity contribution in [1.82, 2.24) is 4.90 Å². The molecule has 1 aromatic rings. The van der Waals surface area contributed by atoms with Crippen LogP contribution in [0.4, 0.5) is 0 Å². The Morgan fingerprint density at radius 2 is 2.17 bits per heavy atom. The van der Waals surface area contributed by atoms with E-state index in [1.54, 1.807) is 23.1 Å². The van der Waals surface area contributed by atoms with E-state index in [0.29, 0.717) is 18.0 Å². The average molecular weight is 249 g/mol. The fraction of sp³-hybridized carbons (Fsp3) is 0.500. The minimum absolute atomic E-state index is 0.0341. The Labute approximate surface area is 107 Å². The van der Waals surface area contributed by atoms with Gasteiger partial charge in [0.15, 0.2) is 0 Å². The first kappa shape index (κ1) is 12.9. The summed E-state index contributed by atoms with van der Waals surface area (Å²) in [5.41, 5.74) is 0.363. The highest BCUT2D eigenvalue weighted by Crippen LogP contribution is 2.23. The molecule has 1 atom stereocenters. The zero-order valence-electron chi connectivity index (χ0n) is 10.4. The van der Waals surface area contributed by atoms with Gasteiger partial charge in [0.05, 0.1) is 5.56 Å². The Morgan fingerprint density at radius 3 is 2.89 bits per heavy atom. The van der Waals surface area contributed by atoms with Gasteiger partial charge in [-0.25, -0.2) is 0 Å². The van der Waals surface area contributed by atoms with Gasteiger partial charge in [0.1, 0.15) is 5.75 Å². The standard InChI is InChI=1S/C14H19NO3/c16-9-7-11-4-3-8-15(10-11)14(18)12-5-1-2-6-13(12)17/h1-2,5-6,11,16-17H,3-4,7-10H2. The Hall–Kier alpha value is -1.55. The van der Waals surface area contributed by atoms with Crippen LogP contribution in [0.1, 0.15) is 29.6 Å². The lowest BCUT2D eigenvalue weighted by atomic mass is 9.94. The van der Waals surface area contributed by atoms with Crippen LogP contribution in [0.2, 0.25) is 0 Å². The number of hydrogen-bond acceptors (Lipinski definition) is 3. The third-order valence-corrected chi connectivity index (χ3v) is 3.48. The molecule has 0 bridgehead atoms. The summed E-state index contributed by atoms with van der Waals surface area (Å²) < 4.78 is 0. The second kappa shape index (κ2) is 5.87. The highest BCUT2D eigenvalue weighted by molar-refractivity contribution is 5.96. The number of nitrogens with zero attached hydrogens (tertiary/aromatic N) is 1. The molecule has 1 saturated heterocycles. The molecule has 1 amide bonds. The summed E-state index contributed by atoms with van der Waals surface area (Å²) in [4.78, 5) is 14.1. The van der Waals surface area contributed by atoms with Gasteiger partial charge in [0.2, 0.25) is 0 Å². The molecule has 1 aliphatic rings. The first-order valence-electron chi connectivity index (χ1n) is 6.40. The molecule has 1 unspecified atom stereocenters. The summed E-state index contributed by atoms with van der Waals surface area (Å²) in [6.07, 6.45) is 2.76. The number of piperidine rings is 1. The predicted molar refractivity (Wildman–Crippen MR) is 68.4 cm³/mol. The molecule has 0 radical (unpaired) electrons. The third-order valence-electron chi connectivity index (χ3n) is 3.48. The van der Waals surface area contributed by atoms with Crippen molar-refractivity contribution in [3.63, 3.8) is 0 Å². The third kappa shape index (κ3) is 2.82. The van der Waals surface area contributed by atoms with Crippen molar-refractivity contribution >= 4 is 5.91 Å². The number of carbonyl (C=O) groups is 1. The molecular weight excluding hydrogens is 230 g/mol. The van der Waals surface area contributed by atoms with E-state index >= 15 is 0 Å². The molecule has 2 rings (SSSR count). The van der Waals surface area contributed by atoms with E-state index in [1.807, 2.05) is 0 Å². The quantitative estimate of drug-likeness (QED) is 0.856. The number of rotatable bonds is 3. The van der Waals surface area contributed by atoms with Crippen LogP contribution in [-0.4, -0.2) is 40.7 Å². The number of benzene rings is 1. The molecule has 1 aliphatic heterocycles. The molecule has 4 nitrogen and oxygen atoms in total. The molecule has 0 spiro atoms. The normalized spacial score (nSPS) is 19.8. The number of phenolic OH excluding ortho intramolecular Hbond substituents is 1. The largest absolute Gasteiger partial charge is 0.507 e. The molecule has 1 aromatic carbocycles. The number of amides is 1. The monoisotopic (exact) mass is 249 g/mol. The van der Waals surface area contributed by atoms with Gasteiger partial charge in [-0.2, -0.15) is 0 Å². The smallest absolute Gasteiger partial charge is 0.257 e. The van der Waals surface area contributed by atoms with Gasteiger partial charge in [-0.05, 0) is 37.3 Å². The van der Waals surface area contributed by atoms with Gasteiger partial charge in [-0.15, -0.1) is 0 Å². The van der Waals surface area contributed by atoms with Crippen LogP contribution in [0.3, 0.4) is 0 Å². The van der Waals surface area contributed by atoms with E-state index in [2.05, 4.69) is 0 Å². The Kier molecular flexibility index (Phi) is 4.20. The summed E-state index contributed by atoms with van der Waals surface area (Å²) in [5, 5.41) is 18.7. The maximum Gasteiger partial charge on any atom is 0.257 e. The number of aliphatic hydroxyl groups is 1. The van der Waals surface area contributed by atoms with Crippen molar-refractivity contribution in [1.29, 1.82) is 0 Å². The Balaban J connectivity index is 2.07. The van der Waals surface area contributed by atoms with E-state index in [4.69, 9.17) is 5.11 Å². The summed E-state index contributed by atoms with van der Waals surface area (Å²) >= 11 is 0. The van der Waals surface area contributed by atoms with E-state index in [0.717, 1.165) is 25.8 Å². The van der Waals surface area contributed by atoms with Crippen LogP contribution in [-0.2, 0) is 0 Å². The zero-order chi connectivity index (χ0) is 13.0. The highest BCUT2D eigenvalue weighted by Gasteiger charge is 2.25. The van der Waals surface area contributed by atoms with Crippen LogP contribution in [0.5, 0.6) is 5.75 Å². The maximum atomic E-state index is 12.3. The lowest BCUT2D eigenvalue weighted by Crippen LogP contribution is -2.40. The molecule has 4 heteroatoms. The zero-order valence-corrected chi connectivity index (χ0v) is 10.4. The Bertz CT molecular complexity index is 417. The van der Waals surface area contributed by atoms with Crippen molar-refractivity contribution in [3.05, 3.63) is 29.8 Å². The summed E-state index contributed by atoms with van der Waals surface area (Å²) in [6.45, 7) is 1.58. The summed E-state index contributed by atoms with van der Waals surface area (Å²) in [6, 6.07) is 6.63. The van der Waals surface area contributed by atoms with Crippen molar-refractivity contribution in [2.45, 2.75) is 19.3 Å². The van der Waals surface area contributed by atoms with E-state index in [9.17, 15) is 9.90 Å². The van der Waals surface area contributed by atoms with E-state index in [-0.39, 0.29) is 18.3 Å². The average Bonchev–Trinajstić information content (AvgIpc) is 2.39. The molecule has 0 saturated carbocycles. The lowest BCUT2D eigenvalue weighted by Gasteiger charge is -2.32. The number of carbonyl (C=O) groups excluding carboxylic acids is 1. The highest BCUT2D eigenvalue weighted by atomic mass is 16.3. The van der Waals surface area contributed by atoms with Gasteiger partial charge < -0.3 is 15.1 Å². The number of para-hydroxylation sites is 1. The fourth-order valence-electron chi connectivity index (χ4n) is 2.49. The lowest BCUT2D eigenvalue weighted by molar-refractivity contribution is 0.0650. The van der Waals surface area contributed by atoms with Gasteiger partial charge >= 0.3 is 0 Å². The van der Waals surface area contributed by atoms with Crippen LogP contribution in [0.15, 0.2) is 24.3 Å². The minimum atomic E-state index is -0.115. The van der Waals surface area contributed by atoms with Gasteiger partial charge in [-0.3, -0.25) is 4.79 Å². The second-order valence-corrected chi connectivity index (χ2v) is 4.79. The number of hydrogen-bond donors (Lipinski definition) is 2.